The van der Waals surface area contributed by atoms with Crippen LogP contribution in [0.5, 0.6) is 5.75 Å². The first kappa shape index (κ1) is 12.2. The SMILES string of the molecule is Sc1ccnc2c1OC[C@@H]1CCCN21.[K]. The number of thiol groups is 1. The van der Waals surface area contributed by atoms with Crippen molar-refractivity contribution in [3.05, 3.63) is 12.3 Å². The molecule has 1 atom stereocenters. The second-order valence-electron chi connectivity index (χ2n) is 3.78. The van der Waals surface area contributed by atoms with Gasteiger partial charge in [-0.2, -0.15) is 0 Å². The van der Waals surface area contributed by atoms with E-state index in [0.717, 1.165) is 29.6 Å². The third-order valence-corrected chi connectivity index (χ3v) is 3.29. The number of hydrogen-bond donors (Lipinski definition) is 1. The van der Waals surface area contributed by atoms with Gasteiger partial charge in [-0.3, -0.25) is 0 Å². The minimum atomic E-state index is 0. The van der Waals surface area contributed by atoms with E-state index in [1.54, 1.807) is 6.20 Å². The van der Waals surface area contributed by atoms with Gasteiger partial charge < -0.3 is 9.64 Å². The Morgan fingerprint density at radius 1 is 1.53 bits per heavy atom. The fourth-order valence-corrected chi connectivity index (χ4v) is 2.47. The molecule has 1 aromatic rings. The quantitative estimate of drug-likeness (QED) is 0.553. The van der Waals surface area contributed by atoms with Crippen molar-refractivity contribution in [1.29, 1.82) is 0 Å². The Balaban J connectivity index is 0.000000853. The van der Waals surface area contributed by atoms with Crippen LogP contribution in [-0.2, 0) is 0 Å². The van der Waals surface area contributed by atoms with Crippen LogP contribution in [0.1, 0.15) is 12.8 Å². The molecule has 2 aliphatic heterocycles. The summed E-state index contributed by atoms with van der Waals surface area (Å²) in [5.41, 5.74) is 0. The Hall–Kier alpha value is 0.736. The van der Waals surface area contributed by atoms with Gasteiger partial charge >= 0.3 is 0 Å². The molecule has 0 unspecified atom stereocenters. The summed E-state index contributed by atoms with van der Waals surface area (Å²) in [5, 5.41) is 0. The van der Waals surface area contributed by atoms with E-state index in [0.29, 0.717) is 6.04 Å². The molecule has 0 amide bonds. The minimum absolute atomic E-state index is 0. The predicted molar refractivity (Wildman–Crippen MR) is 63.1 cm³/mol. The van der Waals surface area contributed by atoms with Gasteiger partial charge in [-0.05, 0) is 18.9 Å². The zero-order chi connectivity index (χ0) is 9.54. The first-order chi connectivity index (χ1) is 6.86. The Kier molecular flexibility index (Phi) is 4.01. The maximum Gasteiger partial charge on any atom is 0.175 e. The van der Waals surface area contributed by atoms with Gasteiger partial charge in [0.1, 0.15) is 6.61 Å². The number of rotatable bonds is 0. The van der Waals surface area contributed by atoms with Crippen LogP contribution in [0.3, 0.4) is 0 Å². The molecule has 5 heteroatoms. The molecule has 0 saturated carbocycles. The molecule has 3 heterocycles. The van der Waals surface area contributed by atoms with Gasteiger partial charge in [0.05, 0.1) is 10.9 Å². The number of hydrogen-bond acceptors (Lipinski definition) is 4. The van der Waals surface area contributed by atoms with Crippen molar-refractivity contribution in [3.63, 3.8) is 0 Å². The molecule has 1 saturated heterocycles. The van der Waals surface area contributed by atoms with E-state index in [9.17, 15) is 0 Å². The number of anilines is 1. The molecule has 2 aliphatic rings. The van der Waals surface area contributed by atoms with Crippen LogP contribution in [-0.4, -0.2) is 75.6 Å². The van der Waals surface area contributed by atoms with Crippen molar-refractivity contribution >= 4 is 69.8 Å². The van der Waals surface area contributed by atoms with E-state index in [1.165, 1.54) is 12.8 Å². The molecule has 3 nitrogen and oxygen atoms in total. The Labute approximate surface area is 137 Å². The summed E-state index contributed by atoms with van der Waals surface area (Å²) < 4.78 is 5.69. The van der Waals surface area contributed by atoms with Crippen LogP contribution in [0.15, 0.2) is 17.2 Å². The predicted octanol–water partition coefficient (Wildman–Crippen LogP) is 1.35. The Morgan fingerprint density at radius 3 is 3.27 bits per heavy atom. The number of nitrogens with zero attached hydrogens (tertiary/aromatic N) is 2. The summed E-state index contributed by atoms with van der Waals surface area (Å²) in [7, 11) is 0. The van der Waals surface area contributed by atoms with E-state index in [-0.39, 0.29) is 51.4 Å². The summed E-state index contributed by atoms with van der Waals surface area (Å²) in [6, 6.07) is 2.41. The van der Waals surface area contributed by atoms with Gasteiger partial charge in [0.25, 0.3) is 0 Å². The molecule has 1 fully saturated rings. The van der Waals surface area contributed by atoms with Crippen LogP contribution in [0.4, 0.5) is 5.82 Å². The summed E-state index contributed by atoms with van der Waals surface area (Å²) in [6.07, 6.45) is 4.26. The van der Waals surface area contributed by atoms with E-state index in [1.807, 2.05) is 6.07 Å². The van der Waals surface area contributed by atoms with Gasteiger partial charge in [0.2, 0.25) is 0 Å². The minimum Gasteiger partial charge on any atom is -0.486 e. The average molecular weight is 247 g/mol. The molecule has 0 bridgehead atoms. The Morgan fingerprint density at radius 2 is 2.40 bits per heavy atom. The number of fused-ring (bicyclic) bond motifs is 3. The molecule has 0 aliphatic carbocycles. The molecule has 1 aromatic heterocycles. The number of ether oxygens (including phenoxy) is 1. The monoisotopic (exact) mass is 247 g/mol. The molecular weight excluding hydrogens is 235 g/mol. The second-order valence-corrected chi connectivity index (χ2v) is 4.27. The molecule has 0 N–H and O–H groups in total. The normalized spacial score (nSPS) is 22.5. The van der Waals surface area contributed by atoms with Crippen molar-refractivity contribution in [3.8, 4) is 5.75 Å². The van der Waals surface area contributed by atoms with Crippen molar-refractivity contribution in [1.82, 2.24) is 4.98 Å². The molecule has 3 rings (SSSR count). The van der Waals surface area contributed by atoms with Crippen LogP contribution in [0.25, 0.3) is 0 Å². The zero-order valence-electron chi connectivity index (χ0n) is 8.81. The van der Waals surface area contributed by atoms with E-state index in [2.05, 4.69) is 22.5 Å². The van der Waals surface area contributed by atoms with Gasteiger partial charge in [0, 0.05) is 64.1 Å². The van der Waals surface area contributed by atoms with Crippen molar-refractivity contribution in [2.75, 3.05) is 18.1 Å². The van der Waals surface area contributed by atoms with Crippen LogP contribution in [0, 0.1) is 0 Å². The van der Waals surface area contributed by atoms with E-state index < -0.39 is 0 Å². The molecule has 0 aromatic carbocycles. The van der Waals surface area contributed by atoms with Gasteiger partial charge in [-0.25, -0.2) is 4.98 Å². The first-order valence-electron chi connectivity index (χ1n) is 4.93. The average Bonchev–Trinajstić information content (AvgIpc) is 2.66. The smallest absolute Gasteiger partial charge is 0.175 e. The second kappa shape index (κ2) is 4.94. The van der Waals surface area contributed by atoms with E-state index >= 15 is 0 Å². The van der Waals surface area contributed by atoms with Gasteiger partial charge in [0.15, 0.2) is 11.6 Å². The third-order valence-electron chi connectivity index (χ3n) is 2.93. The van der Waals surface area contributed by atoms with Gasteiger partial charge in [-0.1, -0.05) is 0 Å². The molecular formula is C10H12KN2OS. The van der Waals surface area contributed by atoms with Crippen molar-refractivity contribution < 1.29 is 4.74 Å². The largest absolute Gasteiger partial charge is 0.486 e. The zero-order valence-corrected chi connectivity index (χ0v) is 12.8. The fraction of sp³-hybridized carbons (Fsp3) is 0.500. The topological polar surface area (TPSA) is 25.4 Å². The molecule has 0 spiro atoms. The maximum absolute atomic E-state index is 5.69. The maximum atomic E-state index is 5.69. The van der Waals surface area contributed by atoms with Crippen molar-refractivity contribution in [2.45, 2.75) is 23.8 Å². The first-order valence-corrected chi connectivity index (χ1v) is 5.38. The molecule has 75 valence electrons. The summed E-state index contributed by atoms with van der Waals surface area (Å²) in [5.74, 6) is 1.83. The van der Waals surface area contributed by atoms with Gasteiger partial charge in [-0.15, -0.1) is 12.6 Å². The van der Waals surface area contributed by atoms with Crippen LogP contribution in [0.2, 0.25) is 0 Å². The van der Waals surface area contributed by atoms with Crippen LogP contribution >= 0.6 is 12.6 Å². The third kappa shape index (κ3) is 2.10. The number of pyridine rings is 1. The molecule has 1 radical (unpaired) electrons. The van der Waals surface area contributed by atoms with Crippen molar-refractivity contribution in [2.24, 2.45) is 0 Å². The summed E-state index contributed by atoms with van der Waals surface area (Å²) in [6.45, 7) is 1.89. The fourth-order valence-electron chi connectivity index (χ4n) is 2.24. The number of aromatic nitrogens is 1. The Bertz CT molecular complexity index is 374. The molecule has 15 heavy (non-hydrogen) atoms. The summed E-state index contributed by atoms with van der Waals surface area (Å²) in [4.78, 5) is 7.61. The van der Waals surface area contributed by atoms with E-state index in [4.69, 9.17) is 4.74 Å². The standard InChI is InChI=1S/C10H12N2OS.K/c14-8-3-4-11-10-9(8)13-6-7-2-1-5-12(7)10;/h3-4,7H,1-2,5-6H2,(H,11,14);/t7-;/m0./s1. The summed E-state index contributed by atoms with van der Waals surface area (Å²) >= 11 is 4.37. The van der Waals surface area contributed by atoms with Crippen LogP contribution < -0.4 is 9.64 Å².